The molecule has 0 bridgehead atoms. The van der Waals surface area contributed by atoms with Crippen molar-refractivity contribution in [2.45, 2.75) is 25.9 Å². The molecule has 0 aliphatic carbocycles. The average molecular weight is 249 g/mol. The number of rotatable bonds is 6. The van der Waals surface area contributed by atoms with Crippen LogP contribution in [0.2, 0.25) is 0 Å². The van der Waals surface area contributed by atoms with E-state index in [9.17, 15) is 0 Å². The molecule has 18 heavy (non-hydrogen) atoms. The van der Waals surface area contributed by atoms with Crippen LogP contribution in [0.3, 0.4) is 0 Å². The van der Waals surface area contributed by atoms with Gasteiger partial charge in [-0.1, -0.05) is 0 Å². The Bertz CT molecular complexity index is 435. The molecule has 1 rings (SSSR count). The van der Waals surface area contributed by atoms with Gasteiger partial charge in [0.15, 0.2) is 0 Å². The molecule has 0 saturated carbocycles. The van der Waals surface area contributed by atoms with Gasteiger partial charge in [0.1, 0.15) is 11.5 Å². The lowest BCUT2D eigenvalue weighted by molar-refractivity contribution is 0.00544. The van der Waals surface area contributed by atoms with Crippen molar-refractivity contribution in [1.82, 2.24) is 0 Å². The van der Waals surface area contributed by atoms with E-state index < -0.39 is 0 Å². The highest BCUT2D eigenvalue weighted by Gasteiger charge is 2.16. The molecular formula is C14H19NO3. The van der Waals surface area contributed by atoms with Gasteiger partial charge in [-0.3, -0.25) is 0 Å². The fourth-order valence-corrected chi connectivity index (χ4v) is 1.35. The first-order chi connectivity index (χ1) is 8.50. The second-order valence-corrected chi connectivity index (χ2v) is 4.57. The molecule has 0 aliphatic heterocycles. The lowest BCUT2D eigenvalue weighted by atomic mass is 10.1. The Labute approximate surface area is 108 Å². The van der Waals surface area contributed by atoms with E-state index in [2.05, 4.69) is 6.07 Å². The van der Waals surface area contributed by atoms with Crippen molar-refractivity contribution in [2.24, 2.45) is 0 Å². The largest absolute Gasteiger partial charge is 0.497 e. The summed E-state index contributed by atoms with van der Waals surface area (Å²) in [6.45, 7) is 4.53. The first kappa shape index (κ1) is 14.3. The Morgan fingerprint density at radius 3 is 2.39 bits per heavy atom. The third-order valence-electron chi connectivity index (χ3n) is 2.77. The van der Waals surface area contributed by atoms with Gasteiger partial charge in [0.25, 0.3) is 0 Å². The Balaban J connectivity index is 2.65. The Kier molecular flexibility index (Phi) is 4.99. The molecule has 98 valence electrons. The predicted octanol–water partition coefficient (Wildman–Crippen LogP) is 2.76. The van der Waals surface area contributed by atoms with Gasteiger partial charge in [0.05, 0.1) is 31.0 Å². The zero-order valence-corrected chi connectivity index (χ0v) is 11.3. The van der Waals surface area contributed by atoms with Crippen molar-refractivity contribution < 1.29 is 14.2 Å². The molecule has 4 heteroatoms. The van der Waals surface area contributed by atoms with Crippen LogP contribution in [0.15, 0.2) is 18.2 Å². The van der Waals surface area contributed by atoms with Gasteiger partial charge in [-0.05, 0) is 26.0 Å². The fraction of sp³-hybridized carbons (Fsp3) is 0.500. The van der Waals surface area contributed by atoms with Crippen LogP contribution in [0.4, 0.5) is 0 Å². The SMILES string of the molecule is COc1cc(C#N)cc(OCCC(C)(C)OC)c1. The molecular weight excluding hydrogens is 230 g/mol. The predicted molar refractivity (Wildman–Crippen MR) is 68.9 cm³/mol. The van der Waals surface area contributed by atoms with Crippen LogP contribution in [0.5, 0.6) is 11.5 Å². The molecule has 4 nitrogen and oxygen atoms in total. The maximum atomic E-state index is 8.89. The van der Waals surface area contributed by atoms with E-state index in [-0.39, 0.29) is 5.60 Å². The number of benzene rings is 1. The molecule has 1 aromatic rings. The summed E-state index contributed by atoms with van der Waals surface area (Å²) < 4.78 is 16.0. The van der Waals surface area contributed by atoms with Gasteiger partial charge in [-0.25, -0.2) is 0 Å². The van der Waals surface area contributed by atoms with E-state index in [0.29, 0.717) is 23.7 Å². The molecule has 1 aromatic carbocycles. The number of nitriles is 1. The van der Waals surface area contributed by atoms with Crippen molar-refractivity contribution in [3.8, 4) is 17.6 Å². The van der Waals surface area contributed by atoms with Gasteiger partial charge < -0.3 is 14.2 Å². The van der Waals surface area contributed by atoms with Crippen molar-refractivity contribution in [1.29, 1.82) is 5.26 Å². The standard InChI is InChI=1S/C14H19NO3/c1-14(2,17-4)5-6-18-13-8-11(10-15)7-12(9-13)16-3/h7-9H,5-6H2,1-4H3. The smallest absolute Gasteiger partial charge is 0.124 e. The molecule has 0 fully saturated rings. The first-order valence-corrected chi connectivity index (χ1v) is 5.78. The van der Waals surface area contributed by atoms with Crippen molar-refractivity contribution in [3.05, 3.63) is 23.8 Å². The van der Waals surface area contributed by atoms with Crippen LogP contribution < -0.4 is 9.47 Å². The van der Waals surface area contributed by atoms with Crippen molar-refractivity contribution in [2.75, 3.05) is 20.8 Å². The summed E-state index contributed by atoms with van der Waals surface area (Å²) in [4.78, 5) is 0. The zero-order valence-electron chi connectivity index (χ0n) is 11.3. The van der Waals surface area contributed by atoms with Crippen LogP contribution in [-0.2, 0) is 4.74 Å². The highest BCUT2D eigenvalue weighted by molar-refractivity contribution is 5.43. The second kappa shape index (κ2) is 6.27. The van der Waals surface area contributed by atoms with E-state index >= 15 is 0 Å². The number of ether oxygens (including phenoxy) is 3. The summed E-state index contributed by atoms with van der Waals surface area (Å²) in [5, 5.41) is 8.89. The average Bonchev–Trinajstić information content (AvgIpc) is 2.38. The van der Waals surface area contributed by atoms with Crippen LogP contribution in [0, 0.1) is 11.3 Å². The van der Waals surface area contributed by atoms with Crippen LogP contribution in [-0.4, -0.2) is 26.4 Å². The maximum absolute atomic E-state index is 8.89. The zero-order chi connectivity index (χ0) is 13.6. The first-order valence-electron chi connectivity index (χ1n) is 5.78. The van der Waals surface area contributed by atoms with E-state index in [1.165, 1.54) is 0 Å². The highest BCUT2D eigenvalue weighted by Crippen LogP contribution is 2.23. The van der Waals surface area contributed by atoms with Gasteiger partial charge in [0, 0.05) is 19.6 Å². The molecule has 0 amide bonds. The van der Waals surface area contributed by atoms with Gasteiger partial charge in [-0.2, -0.15) is 5.26 Å². The molecule has 0 aromatic heterocycles. The van der Waals surface area contributed by atoms with Crippen molar-refractivity contribution in [3.63, 3.8) is 0 Å². The molecule has 0 aliphatic rings. The summed E-state index contributed by atoms with van der Waals surface area (Å²) in [6, 6.07) is 7.21. The Morgan fingerprint density at radius 2 is 1.83 bits per heavy atom. The monoisotopic (exact) mass is 249 g/mol. The highest BCUT2D eigenvalue weighted by atomic mass is 16.5. The van der Waals surface area contributed by atoms with Crippen LogP contribution in [0.25, 0.3) is 0 Å². The van der Waals surface area contributed by atoms with E-state index in [1.807, 2.05) is 13.8 Å². The van der Waals surface area contributed by atoms with Crippen molar-refractivity contribution >= 4 is 0 Å². The molecule has 0 saturated heterocycles. The minimum absolute atomic E-state index is 0.211. The van der Waals surface area contributed by atoms with Gasteiger partial charge >= 0.3 is 0 Å². The van der Waals surface area contributed by atoms with Gasteiger partial charge in [-0.15, -0.1) is 0 Å². The summed E-state index contributed by atoms with van der Waals surface area (Å²) in [6.07, 6.45) is 0.766. The molecule has 0 atom stereocenters. The van der Waals surface area contributed by atoms with E-state index in [1.54, 1.807) is 32.4 Å². The summed E-state index contributed by atoms with van der Waals surface area (Å²) >= 11 is 0. The lowest BCUT2D eigenvalue weighted by Crippen LogP contribution is -2.25. The lowest BCUT2D eigenvalue weighted by Gasteiger charge is -2.22. The number of hydrogen-bond donors (Lipinski definition) is 0. The van der Waals surface area contributed by atoms with E-state index in [4.69, 9.17) is 19.5 Å². The minimum atomic E-state index is -0.211. The third-order valence-corrected chi connectivity index (χ3v) is 2.77. The third kappa shape index (κ3) is 4.27. The topological polar surface area (TPSA) is 51.5 Å². The molecule has 0 heterocycles. The normalized spacial score (nSPS) is 10.8. The quantitative estimate of drug-likeness (QED) is 0.778. The molecule has 0 spiro atoms. The van der Waals surface area contributed by atoms with Crippen LogP contribution in [0.1, 0.15) is 25.8 Å². The fourth-order valence-electron chi connectivity index (χ4n) is 1.35. The Hall–Kier alpha value is -1.73. The number of hydrogen-bond acceptors (Lipinski definition) is 4. The summed E-state index contributed by atoms with van der Waals surface area (Å²) in [5.41, 5.74) is 0.312. The number of nitrogens with zero attached hydrogens (tertiary/aromatic N) is 1. The summed E-state index contributed by atoms with van der Waals surface area (Å²) in [5.74, 6) is 1.26. The second-order valence-electron chi connectivity index (χ2n) is 4.57. The molecule has 0 N–H and O–H groups in total. The molecule has 0 radical (unpaired) electrons. The summed E-state index contributed by atoms with van der Waals surface area (Å²) in [7, 11) is 3.24. The van der Waals surface area contributed by atoms with Gasteiger partial charge in [0.2, 0.25) is 0 Å². The van der Waals surface area contributed by atoms with E-state index in [0.717, 1.165) is 6.42 Å². The Morgan fingerprint density at radius 1 is 1.17 bits per heavy atom. The number of methoxy groups -OCH3 is 2. The maximum Gasteiger partial charge on any atom is 0.124 e. The van der Waals surface area contributed by atoms with Crippen LogP contribution >= 0.6 is 0 Å². The molecule has 0 unspecified atom stereocenters. The minimum Gasteiger partial charge on any atom is -0.497 e.